The highest BCUT2D eigenvalue weighted by Gasteiger charge is 2.35. The molecule has 190 valence electrons. The molecule has 1 unspecified atom stereocenters. The van der Waals surface area contributed by atoms with Crippen molar-refractivity contribution in [2.24, 2.45) is 7.05 Å². The Hall–Kier alpha value is -4.37. The number of nitrogens with zero attached hydrogens (tertiary/aromatic N) is 3. The summed E-state index contributed by atoms with van der Waals surface area (Å²) in [5.74, 6) is 3.57. The third kappa shape index (κ3) is 4.85. The predicted molar refractivity (Wildman–Crippen MR) is 129 cm³/mol. The molecule has 0 aliphatic rings. The van der Waals surface area contributed by atoms with Crippen molar-refractivity contribution >= 4 is 27.6 Å². The average Bonchev–Trinajstić information content (AvgIpc) is 3.24. The van der Waals surface area contributed by atoms with Gasteiger partial charge in [-0.2, -0.15) is 17.5 Å². The minimum Gasteiger partial charge on any atom is -0.545 e. The first-order chi connectivity index (χ1) is 17.4. The fraction of sp³-hybridized carbons (Fsp3) is 0.200. The van der Waals surface area contributed by atoms with Crippen LogP contribution in [0.15, 0.2) is 52.1 Å². The zero-order chi connectivity index (χ0) is 27.1. The Bertz CT molecular complexity index is 1720. The summed E-state index contributed by atoms with van der Waals surface area (Å²) in [4.78, 5) is 36.6. The number of ether oxygens (including phenoxy) is 1. The minimum atomic E-state index is -4.87. The van der Waals surface area contributed by atoms with E-state index in [0.29, 0.717) is 36.5 Å². The second-order valence-electron chi connectivity index (χ2n) is 7.94. The van der Waals surface area contributed by atoms with Gasteiger partial charge in [-0.3, -0.25) is 9.36 Å². The number of alkyl halides is 3. The molecule has 4 rings (SSSR count). The molecule has 0 radical (unpaired) electrons. The van der Waals surface area contributed by atoms with E-state index in [9.17, 15) is 32.7 Å². The number of hydrogen-bond acceptors (Lipinski definition) is 7. The molecule has 0 aliphatic heterocycles. The third-order valence-corrected chi connectivity index (χ3v) is 6.36. The van der Waals surface area contributed by atoms with Crippen LogP contribution in [-0.2, 0) is 18.0 Å². The van der Waals surface area contributed by atoms with Gasteiger partial charge in [-0.15, -0.1) is 5.92 Å². The highest BCUT2D eigenvalue weighted by atomic mass is 32.1. The van der Waals surface area contributed by atoms with Crippen molar-refractivity contribution in [1.29, 1.82) is 0 Å². The molecule has 2 aromatic heterocycles. The highest BCUT2D eigenvalue weighted by Crippen LogP contribution is 2.36. The van der Waals surface area contributed by atoms with E-state index in [4.69, 9.17) is 4.74 Å². The molecule has 2 aromatic carbocycles. The lowest BCUT2D eigenvalue weighted by atomic mass is 10.0. The van der Waals surface area contributed by atoms with E-state index in [0.717, 1.165) is 24.1 Å². The molecule has 0 bridgehead atoms. The Morgan fingerprint density at radius 3 is 2.54 bits per heavy atom. The number of halogens is 3. The molecule has 1 atom stereocenters. The summed E-state index contributed by atoms with van der Waals surface area (Å²) in [6.45, 7) is 3.26. The van der Waals surface area contributed by atoms with E-state index in [-0.39, 0.29) is 11.4 Å². The van der Waals surface area contributed by atoms with Gasteiger partial charge in [-0.05, 0) is 61.3 Å². The van der Waals surface area contributed by atoms with Gasteiger partial charge in [0, 0.05) is 24.1 Å². The van der Waals surface area contributed by atoms with Crippen LogP contribution in [0.2, 0.25) is 0 Å². The standard InChI is InChI=1S/C25H18F3N3O5S/c1-4-5-18(23(33)34)36-15-8-6-13(2)16(11-15)22-17-10-14(7-9-19(17)37-29-22)31-21(32)12-20(25(26,27)28)30(3)24(31)35/h6-12,18H,1-3H3,(H,33,34)/p-1. The van der Waals surface area contributed by atoms with Gasteiger partial charge in [0.25, 0.3) is 5.56 Å². The first-order valence-electron chi connectivity index (χ1n) is 10.6. The van der Waals surface area contributed by atoms with Crippen molar-refractivity contribution in [2.45, 2.75) is 26.1 Å². The number of aryl methyl sites for hydroxylation is 1. The van der Waals surface area contributed by atoms with E-state index in [1.807, 2.05) is 0 Å². The van der Waals surface area contributed by atoms with Crippen LogP contribution in [0.1, 0.15) is 18.2 Å². The van der Waals surface area contributed by atoms with Crippen LogP contribution in [0.3, 0.4) is 0 Å². The molecule has 0 saturated heterocycles. The van der Waals surface area contributed by atoms with Gasteiger partial charge in [-0.25, -0.2) is 9.36 Å². The Kier molecular flexibility index (Phi) is 6.66. The van der Waals surface area contributed by atoms with Gasteiger partial charge in [0.15, 0.2) is 6.10 Å². The summed E-state index contributed by atoms with van der Waals surface area (Å²) in [5.41, 5.74) is -1.78. The lowest BCUT2D eigenvalue weighted by Gasteiger charge is -2.16. The number of aromatic nitrogens is 3. The number of rotatable bonds is 5. The average molecular weight is 528 g/mol. The first kappa shape index (κ1) is 25.7. The molecule has 0 aliphatic carbocycles. The van der Waals surface area contributed by atoms with E-state index in [1.165, 1.54) is 19.1 Å². The second kappa shape index (κ2) is 9.59. The zero-order valence-corrected chi connectivity index (χ0v) is 20.4. The third-order valence-electron chi connectivity index (χ3n) is 5.53. The maximum atomic E-state index is 13.2. The molecule has 0 spiro atoms. The van der Waals surface area contributed by atoms with Crippen LogP contribution < -0.4 is 21.1 Å². The fourth-order valence-corrected chi connectivity index (χ4v) is 4.50. The Morgan fingerprint density at radius 1 is 1.16 bits per heavy atom. The van der Waals surface area contributed by atoms with E-state index < -0.39 is 35.2 Å². The number of fused-ring (bicyclic) bond motifs is 1. The van der Waals surface area contributed by atoms with Crippen molar-refractivity contribution in [3.8, 4) is 34.5 Å². The van der Waals surface area contributed by atoms with Gasteiger partial charge >= 0.3 is 11.9 Å². The summed E-state index contributed by atoms with van der Waals surface area (Å²) in [6, 6.07) is 9.75. The molecule has 8 nitrogen and oxygen atoms in total. The molecular weight excluding hydrogens is 511 g/mol. The number of benzene rings is 2. The van der Waals surface area contributed by atoms with Gasteiger partial charge in [0.1, 0.15) is 11.4 Å². The molecule has 0 amide bonds. The summed E-state index contributed by atoms with van der Waals surface area (Å²) in [7, 11) is 0.939. The molecular formula is C25H17F3N3O5S-. The minimum absolute atomic E-state index is 0.0635. The van der Waals surface area contributed by atoms with Crippen molar-refractivity contribution < 1.29 is 27.8 Å². The number of carbonyl (C=O) groups is 1. The maximum Gasteiger partial charge on any atom is 0.431 e. The van der Waals surface area contributed by atoms with Crippen molar-refractivity contribution in [3.63, 3.8) is 0 Å². The molecule has 0 fully saturated rings. The van der Waals surface area contributed by atoms with E-state index in [2.05, 4.69) is 16.2 Å². The number of carbonyl (C=O) groups excluding carboxylic acids is 1. The topological polar surface area (TPSA) is 106 Å². The number of aliphatic carboxylic acids is 1. The van der Waals surface area contributed by atoms with Crippen LogP contribution in [0.25, 0.3) is 27.0 Å². The van der Waals surface area contributed by atoms with Crippen LogP contribution in [-0.4, -0.2) is 25.6 Å². The Morgan fingerprint density at radius 2 is 1.89 bits per heavy atom. The Balaban J connectivity index is 1.85. The largest absolute Gasteiger partial charge is 0.545 e. The highest BCUT2D eigenvalue weighted by molar-refractivity contribution is 7.13. The lowest BCUT2D eigenvalue weighted by Crippen LogP contribution is -2.40. The first-order valence-corrected chi connectivity index (χ1v) is 11.4. The number of hydrogen-bond donors (Lipinski definition) is 0. The van der Waals surface area contributed by atoms with Crippen molar-refractivity contribution in [3.05, 3.63) is 74.6 Å². The quantitative estimate of drug-likeness (QED) is 0.369. The summed E-state index contributed by atoms with van der Waals surface area (Å²) >= 11 is 1.13. The zero-order valence-electron chi connectivity index (χ0n) is 19.5. The van der Waals surface area contributed by atoms with Gasteiger partial charge in [0.2, 0.25) is 0 Å². The van der Waals surface area contributed by atoms with Gasteiger partial charge in [0.05, 0.1) is 22.1 Å². The molecule has 2 heterocycles. The summed E-state index contributed by atoms with van der Waals surface area (Å²) in [6.07, 6.45) is -6.36. The van der Waals surface area contributed by atoms with E-state index in [1.54, 1.807) is 31.2 Å². The molecule has 4 aromatic rings. The normalized spacial score (nSPS) is 12.2. The predicted octanol–water partition coefficient (Wildman–Crippen LogP) is 2.66. The summed E-state index contributed by atoms with van der Waals surface area (Å²) in [5, 5.41) is 11.8. The SMILES string of the molecule is CC#CC(Oc1ccc(C)c(-c2nsc3ccc(-n4c(=O)cc(C(F)(F)F)n(C)c4=O)cc23)c1)C(=O)[O-]. The van der Waals surface area contributed by atoms with Gasteiger partial charge in [-0.1, -0.05) is 12.0 Å². The van der Waals surface area contributed by atoms with Gasteiger partial charge < -0.3 is 14.6 Å². The molecule has 0 saturated carbocycles. The fourth-order valence-electron chi connectivity index (χ4n) is 3.73. The van der Waals surface area contributed by atoms with E-state index >= 15 is 0 Å². The monoisotopic (exact) mass is 528 g/mol. The maximum absolute atomic E-state index is 13.2. The lowest BCUT2D eigenvalue weighted by molar-refractivity contribution is -0.311. The van der Waals surface area contributed by atoms with Crippen molar-refractivity contribution in [2.75, 3.05) is 0 Å². The van der Waals surface area contributed by atoms with Crippen LogP contribution in [0, 0.1) is 18.8 Å². The second-order valence-corrected chi connectivity index (χ2v) is 8.75. The van der Waals surface area contributed by atoms with Crippen molar-refractivity contribution in [1.82, 2.24) is 13.5 Å². The van der Waals surface area contributed by atoms with Crippen LogP contribution >= 0.6 is 11.5 Å². The Labute approximate surface area is 211 Å². The smallest absolute Gasteiger partial charge is 0.431 e. The molecule has 37 heavy (non-hydrogen) atoms. The number of carboxylic acid groups (broad SMARTS) is 1. The molecule has 12 heteroatoms. The van der Waals surface area contributed by atoms with Crippen LogP contribution in [0.4, 0.5) is 13.2 Å². The summed E-state index contributed by atoms with van der Waals surface area (Å²) < 4.78 is 51.3. The number of carboxylic acids is 1. The molecule has 0 N–H and O–H groups in total. The van der Waals surface area contributed by atoms with Crippen LogP contribution in [0.5, 0.6) is 5.75 Å².